The third-order valence-corrected chi connectivity index (χ3v) is 5.77. The van der Waals surface area contributed by atoms with Gasteiger partial charge in [0.1, 0.15) is 6.61 Å². The first kappa shape index (κ1) is 19.8. The summed E-state index contributed by atoms with van der Waals surface area (Å²) in [5.74, 6) is 0.583. The first-order valence-electron chi connectivity index (χ1n) is 8.98. The Labute approximate surface area is 180 Å². The number of thiophene rings is 2. The highest BCUT2D eigenvalue weighted by Crippen LogP contribution is 2.23. The van der Waals surface area contributed by atoms with E-state index in [0.29, 0.717) is 16.5 Å². The predicted molar refractivity (Wildman–Crippen MR) is 115 cm³/mol. The molecule has 152 valence electrons. The van der Waals surface area contributed by atoms with E-state index >= 15 is 0 Å². The van der Waals surface area contributed by atoms with Crippen molar-refractivity contribution in [3.8, 4) is 10.7 Å². The van der Waals surface area contributed by atoms with Crippen LogP contribution in [0.15, 0.2) is 65.4 Å². The van der Waals surface area contributed by atoms with Crippen molar-refractivity contribution in [3.05, 3.63) is 81.6 Å². The zero-order valence-electron chi connectivity index (χ0n) is 15.6. The quantitative estimate of drug-likeness (QED) is 0.455. The molecule has 2 amide bonds. The Kier molecular flexibility index (Phi) is 6.16. The Morgan fingerprint density at radius 1 is 0.967 bits per heavy atom. The van der Waals surface area contributed by atoms with Crippen LogP contribution >= 0.6 is 22.7 Å². The van der Waals surface area contributed by atoms with Crippen molar-refractivity contribution in [2.24, 2.45) is 0 Å². The largest absolute Gasteiger partial charge is 0.445 e. The molecule has 0 unspecified atom stereocenters. The molecule has 8 nitrogen and oxygen atoms in total. The minimum atomic E-state index is -0.587. The Morgan fingerprint density at radius 3 is 2.50 bits per heavy atom. The van der Waals surface area contributed by atoms with E-state index in [2.05, 4.69) is 20.9 Å². The Bertz CT molecular complexity index is 1110. The number of hydrogen-bond acceptors (Lipinski definition) is 7. The number of alkyl carbamates (subject to hydrolysis) is 1. The van der Waals surface area contributed by atoms with Crippen LogP contribution in [0.5, 0.6) is 0 Å². The molecule has 0 bridgehead atoms. The van der Waals surface area contributed by atoms with E-state index in [1.807, 2.05) is 53.2 Å². The van der Waals surface area contributed by atoms with Crippen molar-refractivity contribution in [1.82, 2.24) is 20.2 Å². The van der Waals surface area contributed by atoms with E-state index in [9.17, 15) is 9.59 Å². The summed E-state index contributed by atoms with van der Waals surface area (Å²) >= 11 is 2.81. The van der Waals surface area contributed by atoms with Crippen LogP contribution in [-0.2, 0) is 17.9 Å². The molecule has 4 aromatic rings. The lowest BCUT2D eigenvalue weighted by molar-refractivity contribution is 0.101. The van der Waals surface area contributed by atoms with Gasteiger partial charge in [-0.2, -0.15) is 0 Å². The topological polar surface area (TPSA) is 98.1 Å². The van der Waals surface area contributed by atoms with Crippen LogP contribution in [0.2, 0.25) is 0 Å². The van der Waals surface area contributed by atoms with Gasteiger partial charge in [-0.15, -0.1) is 32.9 Å². The van der Waals surface area contributed by atoms with E-state index in [4.69, 9.17) is 4.74 Å². The summed E-state index contributed by atoms with van der Waals surface area (Å²) in [5.41, 5.74) is 3.70. The summed E-state index contributed by atoms with van der Waals surface area (Å²) in [5, 5.41) is 14.7. The second kappa shape index (κ2) is 9.33. The van der Waals surface area contributed by atoms with E-state index < -0.39 is 6.09 Å². The predicted octanol–water partition coefficient (Wildman–Crippen LogP) is 3.88. The molecule has 0 saturated heterocycles. The van der Waals surface area contributed by atoms with Gasteiger partial charge in [0.2, 0.25) is 0 Å². The maximum Gasteiger partial charge on any atom is 0.407 e. The summed E-state index contributed by atoms with van der Waals surface area (Å²) in [7, 11) is 0. The number of benzene rings is 1. The minimum absolute atomic E-state index is 0.0384. The highest BCUT2D eigenvalue weighted by atomic mass is 32.1. The van der Waals surface area contributed by atoms with Gasteiger partial charge in [-0.25, -0.2) is 9.47 Å². The molecule has 4 rings (SSSR count). The lowest BCUT2D eigenvalue weighted by Gasteiger charge is -2.11. The molecule has 2 N–H and O–H groups in total. The van der Waals surface area contributed by atoms with Gasteiger partial charge in [0.05, 0.1) is 16.3 Å². The number of carbonyl (C=O) groups excluding carboxylic acids is 2. The van der Waals surface area contributed by atoms with Crippen molar-refractivity contribution < 1.29 is 14.3 Å². The molecular formula is C20H17N5O3S2. The summed E-state index contributed by atoms with van der Waals surface area (Å²) < 4.78 is 6.71. The molecule has 0 atom stereocenters. The summed E-state index contributed by atoms with van der Waals surface area (Å²) in [6, 6.07) is 16.7. The van der Waals surface area contributed by atoms with Crippen molar-refractivity contribution >= 4 is 34.7 Å². The maximum absolute atomic E-state index is 12.6. The van der Waals surface area contributed by atoms with Gasteiger partial charge < -0.3 is 10.1 Å². The van der Waals surface area contributed by atoms with E-state index in [-0.39, 0.29) is 19.1 Å². The van der Waals surface area contributed by atoms with E-state index in [0.717, 1.165) is 10.4 Å². The number of nitrogens with one attached hydrogen (secondary N) is 2. The first-order chi connectivity index (χ1) is 14.7. The molecule has 10 heteroatoms. The maximum atomic E-state index is 12.6. The zero-order chi connectivity index (χ0) is 20.8. The standard InChI is InChI=1S/C20H17N5O3S2/c26-19(16-9-5-11-30-16)24-25-17(22-23-18(25)15-8-4-10-29-15)12-21-20(27)28-13-14-6-2-1-3-7-14/h1-11H,12-13H2,(H,21,27)(H,24,26). The lowest BCUT2D eigenvalue weighted by atomic mass is 10.2. The molecule has 3 heterocycles. The van der Waals surface area contributed by atoms with Crippen molar-refractivity contribution in [3.63, 3.8) is 0 Å². The number of amides is 2. The molecule has 0 radical (unpaired) electrons. The van der Waals surface area contributed by atoms with Crippen LogP contribution in [0.4, 0.5) is 4.79 Å². The monoisotopic (exact) mass is 439 g/mol. The van der Waals surface area contributed by atoms with Crippen molar-refractivity contribution in [2.75, 3.05) is 5.43 Å². The third-order valence-electron chi connectivity index (χ3n) is 4.03. The number of carbonyl (C=O) groups is 2. The number of ether oxygens (including phenoxy) is 1. The average molecular weight is 440 g/mol. The van der Waals surface area contributed by atoms with Crippen LogP contribution < -0.4 is 10.7 Å². The van der Waals surface area contributed by atoms with Gasteiger partial charge in [0.25, 0.3) is 5.91 Å². The van der Waals surface area contributed by atoms with Gasteiger partial charge in [0, 0.05) is 0 Å². The summed E-state index contributed by atoms with van der Waals surface area (Å²) in [6.07, 6.45) is -0.587. The number of rotatable bonds is 7. The van der Waals surface area contributed by atoms with Crippen molar-refractivity contribution in [1.29, 1.82) is 0 Å². The second-order valence-corrected chi connectivity index (χ2v) is 7.98. The molecule has 1 aromatic carbocycles. The van der Waals surface area contributed by atoms with Crippen LogP contribution in [-0.4, -0.2) is 26.9 Å². The van der Waals surface area contributed by atoms with Gasteiger partial charge in [-0.05, 0) is 28.5 Å². The number of aromatic nitrogens is 3. The molecule has 0 aliphatic carbocycles. The average Bonchev–Trinajstić information content (AvgIpc) is 3.53. The normalized spacial score (nSPS) is 10.5. The Balaban J connectivity index is 1.45. The number of hydrogen-bond donors (Lipinski definition) is 2. The Hall–Kier alpha value is -3.50. The fourth-order valence-corrected chi connectivity index (χ4v) is 3.92. The van der Waals surface area contributed by atoms with Crippen LogP contribution in [0.3, 0.4) is 0 Å². The van der Waals surface area contributed by atoms with E-state index in [1.165, 1.54) is 27.3 Å². The first-order valence-corrected chi connectivity index (χ1v) is 10.7. The highest BCUT2D eigenvalue weighted by Gasteiger charge is 2.18. The molecule has 0 spiro atoms. The second-order valence-electron chi connectivity index (χ2n) is 6.09. The molecule has 0 aliphatic rings. The highest BCUT2D eigenvalue weighted by molar-refractivity contribution is 7.13. The van der Waals surface area contributed by atoms with Crippen LogP contribution in [0.25, 0.3) is 10.7 Å². The number of nitrogens with zero attached hydrogens (tertiary/aromatic N) is 3. The van der Waals surface area contributed by atoms with Gasteiger partial charge in [-0.1, -0.05) is 42.5 Å². The fraction of sp³-hybridized carbons (Fsp3) is 0.100. The Morgan fingerprint density at radius 2 is 1.77 bits per heavy atom. The minimum Gasteiger partial charge on any atom is -0.445 e. The van der Waals surface area contributed by atoms with Gasteiger partial charge in [0.15, 0.2) is 11.6 Å². The van der Waals surface area contributed by atoms with Crippen molar-refractivity contribution in [2.45, 2.75) is 13.2 Å². The smallest absolute Gasteiger partial charge is 0.407 e. The molecule has 30 heavy (non-hydrogen) atoms. The molecule has 0 fully saturated rings. The summed E-state index contributed by atoms with van der Waals surface area (Å²) in [4.78, 5) is 26.0. The molecule has 3 aromatic heterocycles. The van der Waals surface area contributed by atoms with E-state index in [1.54, 1.807) is 12.1 Å². The SMILES string of the molecule is O=C(NCc1nnc(-c2cccs2)n1NC(=O)c1cccs1)OCc1ccccc1. The zero-order valence-corrected chi connectivity index (χ0v) is 17.3. The molecule has 0 saturated carbocycles. The fourth-order valence-electron chi connectivity index (χ4n) is 2.60. The molecule has 0 aliphatic heterocycles. The third kappa shape index (κ3) is 4.73. The van der Waals surface area contributed by atoms with Gasteiger partial charge in [-0.3, -0.25) is 10.2 Å². The van der Waals surface area contributed by atoms with Crippen LogP contribution in [0.1, 0.15) is 21.1 Å². The van der Waals surface area contributed by atoms with Crippen LogP contribution in [0, 0.1) is 0 Å². The molecular weight excluding hydrogens is 422 g/mol. The summed E-state index contributed by atoms with van der Waals surface area (Å²) in [6.45, 7) is 0.200. The van der Waals surface area contributed by atoms with Gasteiger partial charge >= 0.3 is 6.09 Å². The lowest BCUT2D eigenvalue weighted by Crippen LogP contribution is -2.29.